The molecule has 4 heteroatoms. The number of carbonyl (C=O) groups excluding carboxylic acids is 1. The quantitative estimate of drug-likeness (QED) is 0.301. The molecule has 0 spiro atoms. The number of rotatable bonds is 12. The van der Waals surface area contributed by atoms with Crippen LogP contribution in [-0.2, 0) is 21.0 Å². The maximum Gasteiger partial charge on any atom is 0.219 e. The topological polar surface area (TPSA) is 47.6 Å². The zero-order valence-corrected chi connectivity index (χ0v) is 17.6. The van der Waals surface area contributed by atoms with Gasteiger partial charge in [-0.1, -0.05) is 54.6 Å². The molecule has 2 aliphatic rings. The average Bonchev–Trinajstić information content (AvgIpc) is 3.33. The summed E-state index contributed by atoms with van der Waals surface area (Å²) in [6.07, 6.45) is 17.5. The third kappa shape index (κ3) is 6.83. The maximum atomic E-state index is 11.5. The van der Waals surface area contributed by atoms with Gasteiger partial charge in [-0.25, -0.2) is 9.78 Å². The van der Waals surface area contributed by atoms with E-state index in [2.05, 4.69) is 60.0 Å². The molecule has 1 amide bonds. The number of unbranched alkanes of at least 4 members (excludes halogenated alkanes) is 2. The summed E-state index contributed by atoms with van der Waals surface area (Å²) in [4.78, 5) is 22.5. The number of carbonyl (C=O) groups is 1. The van der Waals surface area contributed by atoms with Crippen molar-refractivity contribution >= 4 is 5.91 Å². The van der Waals surface area contributed by atoms with Crippen LogP contribution in [0.25, 0.3) is 0 Å². The molecule has 29 heavy (non-hydrogen) atoms. The molecule has 3 rings (SSSR count). The lowest BCUT2D eigenvalue weighted by Crippen LogP contribution is -2.28. The first-order chi connectivity index (χ1) is 14.3. The Labute approximate surface area is 175 Å². The van der Waals surface area contributed by atoms with E-state index in [-0.39, 0.29) is 18.1 Å². The fourth-order valence-corrected chi connectivity index (χ4v) is 4.38. The first kappa shape index (κ1) is 21.8. The van der Waals surface area contributed by atoms with Gasteiger partial charge in [0.05, 0.1) is 6.10 Å². The fourth-order valence-electron chi connectivity index (χ4n) is 4.38. The molecule has 1 aromatic carbocycles. The number of amides is 1. The van der Waals surface area contributed by atoms with E-state index >= 15 is 0 Å². The predicted molar refractivity (Wildman–Crippen MR) is 116 cm³/mol. The van der Waals surface area contributed by atoms with Gasteiger partial charge in [0.15, 0.2) is 0 Å². The Balaban J connectivity index is 1.37. The molecule has 158 valence electrons. The number of nitrogens with one attached hydrogen (secondary N) is 1. The second-order valence-electron chi connectivity index (χ2n) is 8.11. The zero-order valence-electron chi connectivity index (χ0n) is 17.6. The molecule has 1 aliphatic carbocycles. The molecule has 1 saturated carbocycles. The van der Waals surface area contributed by atoms with Gasteiger partial charge in [-0.05, 0) is 51.0 Å². The second-order valence-corrected chi connectivity index (χ2v) is 8.11. The molecule has 4 atom stereocenters. The van der Waals surface area contributed by atoms with Crippen LogP contribution in [0.5, 0.6) is 0 Å². The molecule has 2 fully saturated rings. The summed E-state index contributed by atoms with van der Waals surface area (Å²) in [6.45, 7) is 2.66. The summed E-state index contributed by atoms with van der Waals surface area (Å²) >= 11 is 0. The van der Waals surface area contributed by atoms with Gasteiger partial charge in [-0.2, -0.15) is 0 Å². The summed E-state index contributed by atoms with van der Waals surface area (Å²) in [5.74, 6) is 1.10. The molecule has 4 nitrogen and oxygen atoms in total. The lowest BCUT2D eigenvalue weighted by molar-refractivity contribution is -0.336. The summed E-state index contributed by atoms with van der Waals surface area (Å²) in [7, 11) is 0. The normalized spacial score (nSPS) is 26.0. The zero-order chi connectivity index (χ0) is 20.3. The van der Waals surface area contributed by atoms with Gasteiger partial charge in [-0.15, -0.1) is 0 Å². The van der Waals surface area contributed by atoms with E-state index in [0.717, 1.165) is 38.5 Å². The second kappa shape index (κ2) is 11.9. The highest BCUT2D eigenvalue weighted by Gasteiger charge is 2.49. The minimum Gasteiger partial charge on any atom is -0.356 e. The Bertz CT molecular complexity index is 670. The number of aryl methyl sites for hydroxylation is 1. The number of benzene rings is 1. The van der Waals surface area contributed by atoms with Gasteiger partial charge in [0.1, 0.15) is 6.10 Å². The average molecular weight is 398 g/mol. The molecule has 1 heterocycles. The highest BCUT2D eigenvalue weighted by atomic mass is 17.2. The van der Waals surface area contributed by atoms with E-state index < -0.39 is 0 Å². The Hall–Kier alpha value is -1.91. The van der Waals surface area contributed by atoms with Crippen molar-refractivity contribution < 1.29 is 14.6 Å². The SMILES string of the molecule is CCNC(=O)CCC/C=C\C[C@@H]1[C@@H](/C=C/CCCc2ccccc2)[C@H]2C[C@@H]1OO2. The van der Waals surface area contributed by atoms with Crippen molar-refractivity contribution in [2.75, 3.05) is 6.54 Å². The van der Waals surface area contributed by atoms with Crippen molar-refractivity contribution in [3.8, 4) is 0 Å². The van der Waals surface area contributed by atoms with Gasteiger partial charge < -0.3 is 5.32 Å². The van der Waals surface area contributed by atoms with Crippen molar-refractivity contribution in [2.24, 2.45) is 11.8 Å². The Kier molecular flexibility index (Phi) is 8.97. The maximum absolute atomic E-state index is 11.5. The molecule has 1 N–H and O–H groups in total. The number of allylic oxidation sites excluding steroid dienone is 3. The van der Waals surface area contributed by atoms with Crippen molar-refractivity contribution in [3.05, 3.63) is 60.2 Å². The minimum atomic E-state index is 0.150. The van der Waals surface area contributed by atoms with Gasteiger partial charge in [0, 0.05) is 31.2 Å². The molecule has 1 aliphatic heterocycles. The Morgan fingerprint density at radius 3 is 2.69 bits per heavy atom. The van der Waals surface area contributed by atoms with E-state index in [1.165, 1.54) is 12.0 Å². The molecule has 1 aromatic rings. The standard InChI is InChI=1S/C25H35NO3/c1-2-26-25(27)18-12-4-3-10-16-21-22(24-19-23(21)28-29-24)17-11-6-9-15-20-13-7-5-8-14-20/h3,5,7-8,10-11,13-14,17,21-24H,2,4,6,9,12,15-16,18-19H2,1H3,(H,26,27)/b10-3-,17-11+/t21-,22-,23+,24-/m1/s1. The van der Waals surface area contributed by atoms with Crippen LogP contribution < -0.4 is 5.32 Å². The van der Waals surface area contributed by atoms with Crippen molar-refractivity contribution in [1.82, 2.24) is 5.32 Å². The van der Waals surface area contributed by atoms with Gasteiger partial charge >= 0.3 is 0 Å². The van der Waals surface area contributed by atoms with E-state index in [1.54, 1.807) is 0 Å². The predicted octanol–water partition coefficient (Wildman–Crippen LogP) is 5.15. The fraction of sp³-hybridized carbons (Fsp3) is 0.560. The summed E-state index contributed by atoms with van der Waals surface area (Å²) in [6, 6.07) is 10.7. The van der Waals surface area contributed by atoms with Crippen LogP contribution in [0, 0.1) is 11.8 Å². The molecular weight excluding hydrogens is 362 g/mol. The van der Waals surface area contributed by atoms with Gasteiger partial charge in [0.2, 0.25) is 5.91 Å². The first-order valence-electron chi connectivity index (χ1n) is 11.2. The van der Waals surface area contributed by atoms with Crippen LogP contribution in [0.3, 0.4) is 0 Å². The monoisotopic (exact) mass is 397 g/mol. The van der Waals surface area contributed by atoms with Gasteiger partial charge in [0.25, 0.3) is 0 Å². The van der Waals surface area contributed by atoms with Crippen LogP contribution in [0.2, 0.25) is 0 Å². The Morgan fingerprint density at radius 1 is 1.07 bits per heavy atom. The number of hydrogen-bond donors (Lipinski definition) is 1. The Morgan fingerprint density at radius 2 is 1.86 bits per heavy atom. The molecular formula is C25H35NO3. The van der Waals surface area contributed by atoms with Crippen LogP contribution in [-0.4, -0.2) is 24.7 Å². The third-order valence-corrected chi connectivity index (χ3v) is 5.93. The molecule has 0 radical (unpaired) electrons. The summed E-state index contributed by atoms with van der Waals surface area (Å²) in [5, 5.41) is 2.84. The van der Waals surface area contributed by atoms with E-state index in [9.17, 15) is 4.79 Å². The summed E-state index contributed by atoms with van der Waals surface area (Å²) < 4.78 is 0. The highest BCUT2D eigenvalue weighted by Crippen LogP contribution is 2.44. The highest BCUT2D eigenvalue weighted by molar-refractivity contribution is 5.75. The van der Waals surface area contributed by atoms with E-state index in [0.29, 0.717) is 24.8 Å². The lowest BCUT2D eigenvalue weighted by atomic mass is 9.89. The lowest BCUT2D eigenvalue weighted by Gasteiger charge is -2.27. The van der Waals surface area contributed by atoms with Crippen molar-refractivity contribution in [1.29, 1.82) is 0 Å². The number of fused-ring (bicyclic) bond motifs is 2. The van der Waals surface area contributed by atoms with Crippen LogP contribution in [0.1, 0.15) is 57.4 Å². The smallest absolute Gasteiger partial charge is 0.219 e. The minimum absolute atomic E-state index is 0.150. The van der Waals surface area contributed by atoms with Crippen molar-refractivity contribution in [2.45, 2.75) is 70.5 Å². The van der Waals surface area contributed by atoms with Gasteiger partial charge in [-0.3, -0.25) is 4.79 Å². The third-order valence-electron chi connectivity index (χ3n) is 5.93. The first-order valence-corrected chi connectivity index (χ1v) is 11.2. The van der Waals surface area contributed by atoms with Crippen molar-refractivity contribution in [3.63, 3.8) is 0 Å². The largest absolute Gasteiger partial charge is 0.356 e. The molecule has 2 bridgehead atoms. The van der Waals surface area contributed by atoms with Crippen LogP contribution in [0.15, 0.2) is 54.6 Å². The number of hydrogen-bond acceptors (Lipinski definition) is 3. The van der Waals surface area contributed by atoms with Crippen LogP contribution in [0.4, 0.5) is 0 Å². The molecule has 0 unspecified atom stereocenters. The summed E-state index contributed by atoms with van der Waals surface area (Å²) in [5.41, 5.74) is 1.41. The molecule has 1 saturated heterocycles. The molecule has 0 aromatic heterocycles. The van der Waals surface area contributed by atoms with Crippen LogP contribution >= 0.6 is 0 Å². The van der Waals surface area contributed by atoms with E-state index in [4.69, 9.17) is 9.78 Å². The van der Waals surface area contributed by atoms with E-state index in [1.807, 2.05) is 6.92 Å².